The van der Waals surface area contributed by atoms with Gasteiger partial charge in [-0.1, -0.05) is 6.08 Å². The summed E-state index contributed by atoms with van der Waals surface area (Å²) in [5.41, 5.74) is 1.08. The van der Waals surface area contributed by atoms with Crippen molar-refractivity contribution in [1.29, 1.82) is 0 Å². The van der Waals surface area contributed by atoms with Crippen LogP contribution in [0.3, 0.4) is 0 Å². The van der Waals surface area contributed by atoms with Crippen molar-refractivity contribution in [3.05, 3.63) is 11.6 Å². The molecule has 0 radical (unpaired) electrons. The zero-order valence-electron chi connectivity index (χ0n) is 12.1. The van der Waals surface area contributed by atoms with E-state index in [1.165, 1.54) is 45.6 Å². The number of ether oxygens (including phenoxy) is 1. The highest BCUT2D eigenvalue weighted by Gasteiger charge is 2.50. The average Bonchev–Trinajstić information content (AvgIpc) is 2.35. The minimum absolute atomic E-state index is 0.215. The molecule has 1 N–H and O–H groups in total. The van der Waals surface area contributed by atoms with Crippen molar-refractivity contribution >= 4 is 5.97 Å². The van der Waals surface area contributed by atoms with E-state index in [2.05, 4.69) is 5.32 Å². The van der Waals surface area contributed by atoms with Crippen LogP contribution in [0.5, 0.6) is 0 Å². The van der Waals surface area contributed by atoms with Crippen LogP contribution >= 0.6 is 0 Å². The minimum Gasteiger partial charge on any atom is -0.466 e. The van der Waals surface area contributed by atoms with E-state index in [4.69, 9.17) is 4.74 Å². The van der Waals surface area contributed by atoms with E-state index in [-0.39, 0.29) is 5.97 Å². The zero-order chi connectivity index (χ0) is 13.5. The third-order valence-electron chi connectivity index (χ3n) is 5.43. The summed E-state index contributed by atoms with van der Waals surface area (Å²) in [4.78, 5) is 11.3. The Labute approximate surface area is 115 Å². The maximum Gasteiger partial charge on any atom is 0.333 e. The predicted molar refractivity (Wildman–Crippen MR) is 74.7 cm³/mol. The Bertz CT molecular complexity index is 364. The van der Waals surface area contributed by atoms with Crippen LogP contribution in [0.4, 0.5) is 0 Å². The minimum atomic E-state index is -0.215. The Morgan fingerprint density at radius 1 is 1.21 bits per heavy atom. The molecule has 19 heavy (non-hydrogen) atoms. The van der Waals surface area contributed by atoms with E-state index >= 15 is 0 Å². The Kier molecular flexibility index (Phi) is 3.42. The summed E-state index contributed by atoms with van der Waals surface area (Å²) < 4.78 is 4.72. The number of carbonyl (C=O) groups is 1. The fraction of sp³-hybridized carbons (Fsp3) is 0.812. The number of esters is 1. The van der Waals surface area contributed by atoms with Crippen molar-refractivity contribution in [3.8, 4) is 0 Å². The smallest absolute Gasteiger partial charge is 0.333 e. The van der Waals surface area contributed by atoms with Crippen LogP contribution in [0.2, 0.25) is 0 Å². The van der Waals surface area contributed by atoms with Crippen molar-refractivity contribution in [2.45, 2.75) is 51.0 Å². The Morgan fingerprint density at radius 2 is 1.74 bits per heavy atom. The number of rotatable bonds is 4. The lowest BCUT2D eigenvalue weighted by Gasteiger charge is -2.57. The summed E-state index contributed by atoms with van der Waals surface area (Å²) in [6.07, 6.45) is 10.4. The van der Waals surface area contributed by atoms with E-state index in [0.717, 1.165) is 24.3 Å². The monoisotopic (exact) mass is 263 g/mol. The van der Waals surface area contributed by atoms with E-state index in [9.17, 15) is 4.79 Å². The second kappa shape index (κ2) is 4.93. The maximum atomic E-state index is 11.3. The molecule has 0 aromatic carbocycles. The van der Waals surface area contributed by atoms with Gasteiger partial charge in [-0.25, -0.2) is 4.79 Å². The van der Waals surface area contributed by atoms with Crippen molar-refractivity contribution in [2.75, 3.05) is 13.7 Å². The lowest BCUT2D eigenvalue weighted by atomic mass is 9.53. The van der Waals surface area contributed by atoms with E-state index in [0.29, 0.717) is 11.1 Å². The zero-order valence-corrected chi connectivity index (χ0v) is 12.1. The summed E-state index contributed by atoms with van der Waals surface area (Å²) >= 11 is 0. The first-order valence-corrected chi connectivity index (χ1v) is 7.60. The molecule has 0 amide bonds. The first kappa shape index (κ1) is 13.2. The highest BCUT2D eigenvalue weighted by Crippen LogP contribution is 2.55. The van der Waals surface area contributed by atoms with Crippen molar-refractivity contribution in [1.82, 2.24) is 5.32 Å². The lowest BCUT2D eigenvalue weighted by molar-refractivity contribution is -0.136. The van der Waals surface area contributed by atoms with Gasteiger partial charge in [-0.3, -0.25) is 0 Å². The van der Waals surface area contributed by atoms with Crippen LogP contribution in [0.25, 0.3) is 0 Å². The topological polar surface area (TPSA) is 38.3 Å². The van der Waals surface area contributed by atoms with Crippen LogP contribution in [0, 0.1) is 17.8 Å². The van der Waals surface area contributed by atoms with Crippen LogP contribution in [0.1, 0.15) is 45.4 Å². The fourth-order valence-electron chi connectivity index (χ4n) is 4.99. The van der Waals surface area contributed by atoms with Gasteiger partial charge in [-0.15, -0.1) is 0 Å². The fourth-order valence-corrected chi connectivity index (χ4v) is 4.99. The normalized spacial score (nSPS) is 40.5. The first-order chi connectivity index (χ1) is 9.10. The molecule has 0 unspecified atom stereocenters. The summed E-state index contributed by atoms with van der Waals surface area (Å²) in [6, 6.07) is 0. The third-order valence-corrected chi connectivity index (χ3v) is 5.43. The second-order valence-corrected chi connectivity index (χ2v) is 6.96. The van der Waals surface area contributed by atoms with Crippen LogP contribution in [0.15, 0.2) is 11.6 Å². The molecule has 4 aliphatic rings. The molecule has 0 atom stereocenters. The van der Waals surface area contributed by atoms with Gasteiger partial charge in [0.25, 0.3) is 0 Å². The molecule has 106 valence electrons. The molecule has 0 heterocycles. The lowest BCUT2D eigenvalue weighted by Crippen LogP contribution is -2.58. The molecule has 3 nitrogen and oxygen atoms in total. The summed E-state index contributed by atoms with van der Waals surface area (Å²) in [5.74, 6) is 2.67. The second-order valence-electron chi connectivity index (χ2n) is 6.96. The van der Waals surface area contributed by atoms with Crippen molar-refractivity contribution in [3.63, 3.8) is 0 Å². The number of hydrogen-bond acceptors (Lipinski definition) is 3. The summed E-state index contributed by atoms with van der Waals surface area (Å²) in [6.45, 7) is 2.63. The molecule has 4 fully saturated rings. The number of nitrogens with one attached hydrogen (secondary N) is 1. The molecule has 4 bridgehead atoms. The van der Waals surface area contributed by atoms with Gasteiger partial charge in [0, 0.05) is 17.7 Å². The van der Waals surface area contributed by atoms with Crippen LogP contribution in [-0.2, 0) is 9.53 Å². The summed E-state index contributed by atoms with van der Waals surface area (Å²) in [7, 11) is 1.44. The SMILES string of the molecule is COC(=O)C(C)=CCNC12CC3CC(CC(C3)C1)C2. The van der Waals surface area contributed by atoms with E-state index < -0.39 is 0 Å². The Balaban J connectivity index is 1.59. The molecule has 0 aromatic rings. The molecule has 4 saturated carbocycles. The van der Waals surface area contributed by atoms with Crippen LogP contribution < -0.4 is 5.32 Å². The molecule has 0 aromatic heterocycles. The molecule has 4 rings (SSSR count). The average molecular weight is 263 g/mol. The maximum absolute atomic E-state index is 11.3. The number of methoxy groups -OCH3 is 1. The molecule has 4 aliphatic carbocycles. The van der Waals surface area contributed by atoms with Gasteiger partial charge in [-0.05, 0) is 63.2 Å². The van der Waals surface area contributed by atoms with Crippen LogP contribution in [-0.4, -0.2) is 25.2 Å². The molecule has 0 saturated heterocycles. The van der Waals surface area contributed by atoms with Gasteiger partial charge in [0.1, 0.15) is 0 Å². The molecule has 0 aliphatic heterocycles. The van der Waals surface area contributed by atoms with Crippen molar-refractivity contribution < 1.29 is 9.53 Å². The van der Waals surface area contributed by atoms with Gasteiger partial charge >= 0.3 is 5.97 Å². The van der Waals surface area contributed by atoms with Gasteiger partial charge in [0.2, 0.25) is 0 Å². The van der Waals surface area contributed by atoms with Crippen molar-refractivity contribution in [2.24, 2.45) is 17.8 Å². The number of hydrogen-bond donors (Lipinski definition) is 1. The summed E-state index contributed by atoms with van der Waals surface area (Å²) in [5, 5.41) is 3.75. The third kappa shape index (κ3) is 2.58. The standard InChI is InChI=1S/C16H25NO2/c1-11(15(18)19-2)3-4-17-16-8-12-5-13(9-16)7-14(6-12)10-16/h3,12-14,17H,4-10H2,1-2H3. The molecule has 0 spiro atoms. The van der Waals surface area contributed by atoms with Gasteiger partial charge in [0.15, 0.2) is 0 Å². The quantitative estimate of drug-likeness (QED) is 0.626. The van der Waals surface area contributed by atoms with Gasteiger partial charge < -0.3 is 10.1 Å². The largest absolute Gasteiger partial charge is 0.466 e. The Morgan fingerprint density at radius 3 is 2.21 bits per heavy atom. The highest BCUT2D eigenvalue weighted by atomic mass is 16.5. The highest BCUT2D eigenvalue weighted by molar-refractivity contribution is 5.87. The Hall–Kier alpha value is -0.830. The number of carbonyl (C=O) groups excluding carboxylic acids is 1. The van der Waals surface area contributed by atoms with Gasteiger partial charge in [0.05, 0.1) is 7.11 Å². The molecular weight excluding hydrogens is 238 g/mol. The van der Waals surface area contributed by atoms with E-state index in [1.54, 1.807) is 0 Å². The van der Waals surface area contributed by atoms with Gasteiger partial charge in [-0.2, -0.15) is 0 Å². The predicted octanol–water partition coefficient (Wildman–Crippen LogP) is 2.66. The van der Waals surface area contributed by atoms with E-state index in [1.807, 2.05) is 13.0 Å². The first-order valence-electron chi connectivity index (χ1n) is 7.60. The molecule has 3 heteroatoms. The molecular formula is C16H25NO2.